The number of ether oxygens (including phenoxy) is 1. The zero-order chi connectivity index (χ0) is 14.5. The van der Waals surface area contributed by atoms with E-state index >= 15 is 0 Å². The normalized spacial score (nSPS) is 17.5. The molecule has 0 aromatic carbocycles. The van der Waals surface area contributed by atoms with E-state index in [0.29, 0.717) is 6.54 Å². The highest BCUT2D eigenvalue weighted by molar-refractivity contribution is 7.12. The van der Waals surface area contributed by atoms with Crippen molar-refractivity contribution in [2.75, 3.05) is 32.8 Å². The van der Waals surface area contributed by atoms with Gasteiger partial charge in [0.2, 0.25) is 0 Å². The molecule has 1 fully saturated rings. The van der Waals surface area contributed by atoms with E-state index in [-0.39, 0.29) is 11.9 Å². The Balaban J connectivity index is 1.66. The lowest BCUT2D eigenvalue weighted by atomic mass is 10.1. The van der Waals surface area contributed by atoms with E-state index in [1.165, 1.54) is 16.9 Å². The first kappa shape index (κ1) is 14.7. The topological polar surface area (TPSA) is 41.6 Å². The molecule has 1 aliphatic heterocycles. The molecule has 0 saturated carbocycles. The number of hydrogen-bond acceptors (Lipinski definition) is 5. The van der Waals surface area contributed by atoms with Crippen LogP contribution in [0, 0.1) is 0 Å². The maximum absolute atomic E-state index is 12.1. The molecule has 21 heavy (non-hydrogen) atoms. The number of morpholine rings is 1. The van der Waals surface area contributed by atoms with Crippen LogP contribution in [-0.2, 0) is 4.74 Å². The molecule has 1 aliphatic rings. The number of amides is 1. The average molecular weight is 322 g/mol. The molecule has 1 N–H and O–H groups in total. The van der Waals surface area contributed by atoms with Gasteiger partial charge in [0.1, 0.15) is 0 Å². The number of carbonyl (C=O) groups excluding carboxylic acids is 1. The van der Waals surface area contributed by atoms with Gasteiger partial charge >= 0.3 is 0 Å². The number of nitrogens with zero attached hydrogens (tertiary/aromatic N) is 1. The Morgan fingerprint density at radius 3 is 2.86 bits per heavy atom. The molecule has 1 atom stereocenters. The summed E-state index contributed by atoms with van der Waals surface area (Å²) in [5, 5.41) is 9.24. The molecular weight excluding hydrogens is 304 g/mol. The van der Waals surface area contributed by atoms with E-state index < -0.39 is 0 Å². The smallest absolute Gasteiger partial charge is 0.261 e. The molecule has 0 bridgehead atoms. The highest BCUT2D eigenvalue weighted by atomic mass is 32.1. The SMILES string of the molecule is O=C(NC[C@@H](c1ccsc1)N1CCOCC1)c1cccs1. The summed E-state index contributed by atoms with van der Waals surface area (Å²) in [4.78, 5) is 15.3. The third-order valence-electron chi connectivity index (χ3n) is 3.62. The van der Waals surface area contributed by atoms with Gasteiger partial charge in [0.25, 0.3) is 5.91 Å². The first-order valence-corrected chi connectivity index (χ1v) is 8.82. The fourth-order valence-electron chi connectivity index (χ4n) is 2.50. The minimum atomic E-state index is 0.0125. The van der Waals surface area contributed by atoms with Gasteiger partial charge in [-0.2, -0.15) is 11.3 Å². The Bertz CT molecular complexity index is 548. The zero-order valence-electron chi connectivity index (χ0n) is 11.7. The molecule has 112 valence electrons. The summed E-state index contributed by atoms with van der Waals surface area (Å²) in [5.74, 6) is 0.0125. The van der Waals surface area contributed by atoms with E-state index in [2.05, 4.69) is 27.0 Å². The number of nitrogens with one attached hydrogen (secondary N) is 1. The van der Waals surface area contributed by atoms with Crippen molar-refractivity contribution in [3.63, 3.8) is 0 Å². The Hall–Kier alpha value is -1.21. The third kappa shape index (κ3) is 3.71. The number of carbonyl (C=O) groups is 1. The minimum absolute atomic E-state index is 0.0125. The molecule has 3 heterocycles. The molecule has 1 amide bonds. The third-order valence-corrected chi connectivity index (χ3v) is 5.19. The van der Waals surface area contributed by atoms with Crippen molar-refractivity contribution in [2.24, 2.45) is 0 Å². The van der Waals surface area contributed by atoms with Crippen LogP contribution in [0.1, 0.15) is 21.3 Å². The van der Waals surface area contributed by atoms with Crippen LogP contribution in [0.2, 0.25) is 0 Å². The van der Waals surface area contributed by atoms with Gasteiger partial charge < -0.3 is 10.1 Å². The van der Waals surface area contributed by atoms with Crippen molar-refractivity contribution < 1.29 is 9.53 Å². The Labute approximate surface area is 132 Å². The van der Waals surface area contributed by atoms with E-state index in [0.717, 1.165) is 31.2 Å². The van der Waals surface area contributed by atoms with Gasteiger partial charge in [0.05, 0.1) is 24.1 Å². The van der Waals surface area contributed by atoms with Crippen molar-refractivity contribution in [3.05, 3.63) is 44.8 Å². The lowest BCUT2D eigenvalue weighted by molar-refractivity contribution is 0.0163. The monoisotopic (exact) mass is 322 g/mol. The van der Waals surface area contributed by atoms with Crippen LogP contribution in [-0.4, -0.2) is 43.7 Å². The van der Waals surface area contributed by atoms with Crippen LogP contribution in [0.3, 0.4) is 0 Å². The molecule has 6 heteroatoms. The predicted molar refractivity (Wildman–Crippen MR) is 86.1 cm³/mol. The van der Waals surface area contributed by atoms with Gasteiger partial charge in [-0.05, 0) is 33.8 Å². The molecule has 2 aromatic rings. The largest absolute Gasteiger partial charge is 0.379 e. The highest BCUT2D eigenvalue weighted by Gasteiger charge is 2.23. The summed E-state index contributed by atoms with van der Waals surface area (Å²) < 4.78 is 5.43. The Kier molecular flexibility index (Phi) is 5.03. The quantitative estimate of drug-likeness (QED) is 0.920. The summed E-state index contributed by atoms with van der Waals surface area (Å²) in [6.45, 7) is 3.98. The van der Waals surface area contributed by atoms with E-state index in [1.54, 1.807) is 11.3 Å². The van der Waals surface area contributed by atoms with Gasteiger partial charge in [-0.1, -0.05) is 6.07 Å². The maximum Gasteiger partial charge on any atom is 0.261 e. The fraction of sp³-hybridized carbons (Fsp3) is 0.400. The predicted octanol–water partition coefficient (Wildman–Crippen LogP) is 2.61. The van der Waals surface area contributed by atoms with E-state index in [4.69, 9.17) is 4.74 Å². The number of hydrogen-bond donors (Lipinski definition) is 1. The van der Waals surface area contributed by atoms with E-state index in [1.807, 2.05) is 17.5 Å². The van der Waals surface area contributed by atoms with Gasteiger partial charge in [-0.25, -0.2) is 0 Å². The van der Waals surface area contributed by atoms with Crippen LogP contribution in [0.5, 0.6) is 0 Å². The van der Waals surface area contributed by atoms with Crippen molar-refractivity contribution >= 4 is 28.6 Å². The minimum Gasteiger partial charge on any atom is -0.379 e. The van der Waals surface area contributed by atoms with Crippen LogP contribution in [0.15, 0.2) is 34.3 Å². The summed E-state index contributed by atoms with van der Waals surface area (Å²) in [6.07, 6.45) is 0. The van der Waals surface area contributed by atoms with Crippen LogP contribution < -0.4 is 5.32 Å². The summed E-state index contributed by atoms with van der Waals surface area (Å²) in [5.41, 5.74) is 1.27. The van der Waals surface area contributed by atoms with Crippen molar-refractivity contribution in [3.8, 4) is 0 Å². The van der Waals surface area contributed by atoms with Crippen molar-refractivity contribution in [1.29, 1.82) is 0 Å². The number of thiophene rings is 2. The lowest BCUT2D eigenvalue weighted by Gasteiger charge is -2.34. The first-order valence-electron chi connectivity index (χ1n) is 7.00. The second kappa shape index (κ2) is 7.17. The summed E-state index contributed by atoms with van der Waals surface area (Å²) in [7, 11) is 0. The fourth-order valence-corrected chi connectivity index (χ4v) is 3.84. The van der Waals surface area contributed by atoms with E-state index in [9.17, 15) is 4.79 Å². The van der Waals surface area contributed by atoms with Gasteiger partial charge in [0.15, 0.2) is 0 Å². The lowest BCUT2D eigenvalue weighted by Crippen LogP contribution is -2.43. The summed E-state index contributed by atoms with van der Waals surface area (Å²) in [6, 6.07) is 6.12. The van der Waals surface area contributed by atoms with Gasteiger partial charge in [0, 0.05) is 19.6 Å². The highest BCUT2D eigenvalue weighted by Crippen LogP contribution is 2.23. The summed E-state index contributed by atoms with van der Waals surface area (Å²) >= 11 is 3.17. The molecular formula is C15H18N2O2S2. The Morgan fingerprint density at radius 1 is 1.33 bits per heavy atom. The Morgan fingerprint density at radius 2 is 2.19 bits per heavy atom. The maximum atomic E-state index is 12.1. The zero-order valence-corrected chi connectivity index (χ0v) is 13.3. The molecule has 3 rings (SSSR count). The molecule has 2 aromatic heterocycles. The molecule has 0 unspecified atom stereocenters. The first-order chi connectivity index (χ1) is 10.3. The van der Waals surface area contributed by atoms with Crippen LogP contribution >= 0.6 is 22.7 Å². The molecule has 0 spiro atoms. The average Bonchev–Trinajstić information content (AvgIpc) is 3.22. The van der Waals surface area contributed by atoms with Crippen LogP contribution in [0.4, 0.5) is 0 Å². The van der Waals surface area contributed by atoms with Crippen LogP contribution in [0.25, 0.3) is 0 Å². The second-order valence-corrected chi connectivity index (χ2v) is 6.64. The second-order valence-electron chi connectivity index (χ2n) is 4.91. The van der Waals surface area contributed by atoms with Gasteiger partial charge in [-0.3, -0.25) is 9.69 Å². The van der Waals surface area contributed by atoms with Crippen molar-refractivity contribution in [1.82, 2.24) is 10.2 Å². The molecule has 0 aliphatic carbocycles. The molecule has 4 nitrogen and oxygen atoms in total. The standard InChI is InChI=1S/C15H18N2O2S2/c18-15(14-2-1-8-21-14)16-10-13(12-3-9-20-11-12)17-4-6-19-7-5-17/h1-3,8-9,11,13H,4-7,10H2,(H,16,18)/t13-/m0/s1. The van der Waals surface area contributed by atoms with Crippen molar-refractivity contribution in [2.45, 2.75) is 6.04 Å². The van der Waals surface area contributed by atoms with Gasteiger partial charge in [-0.15, -0.1) is 11.3 Å². The number of rotatable bonds is 5. The molecule has 1 saturated heterocycles. The molecule has 0 radical (unpaired) electrons.